The van der Waals surface area contributed by atoms with E-state index < -0.39 is 27.9 Å². The van der Waals surface area contributed by atoms with E-state index in [-0.39, 0.29) is 35.8 Å². The van der Waals surface area contributed by atoms with E-state index in [1.54, 1.807) is 0 Å². The Morgan fingerprint density at radius 3 is 2.48 bits per heavy atom. The third kappa shape index (κ3) is 3.99. The Balaban J connectivity index is 1.87. The highest BCUT2D eigenvalue weighted by atomic mass is 32.2. The second-order valence-electron chi connectivity index (χ2n) is 7.10. The van der Waals surface area contributed by atoms with Crippen LogP contribution in [0.2, 0.25) is 0 Å². The first-order chi connectivity index (χ1) is 12.7. The van der Waals surface area contributed by atoms with Gasteiger partial charge in [0.25, 0.3) is 5.91 Å². The van der Waals surface area contributed by atoms with Gasteiger partial charge >= 0.3 is 5.97 Å². The molecule has 2 saturated heterocycles. The fraction of sp³-hybridized carbons (Fsp3) is 0.556. The Bertz CT molecular complexity index is 830. The summed E-state index contributed by atoms with van der Waals surface area (Å²) in [6.07, 6.45) is 0.593. The molecule has 0 radical (unpaired) electrons. The summed E-state index contributed by atoms with van der Waals surface area (Å²) in [5, 5.41) is 9.27. The molecular formula is C18H24N2O6S. The molecule has 3 unspecified atom stereocenters. The Morgan fingerprint density at radius 2 is 1.85 bits per heavy atom. The molecule has 8 nitrogen and oxygen atoms in total. The zero-order valence-electron chi connectivity index (χ0n) is 15.4. The van der Waals surface area contributed by atoms with Crippen LogP contribution in [0.1, 0.15) is 37.0 Å². The lowest BCUT2D eigenvalue weighted by molar-refractivity contribution is -0.141. The van der Waals surface area contributed by atoms with Crippen molar-refractivity contribution in [3.8, 4) is 0 Å². The molecule has 2 heterocycles. The smallest absolute Gasteiger partial charge is 0.326 e. The number of ether oxygens (including phenoxy) is 1. The van der Waals surface area contributed by atoms with Crippen LogP contribution in [0.5, 0.6) is 0 Å². The van der Waals surface area contributed by atoms with Crippen LogP contribution in [-0.2, 0) is 19.6 Å². The van der Waals surface area contributed by atoms with Crippen LogP contribution in [0.25, 0.3) is 0 Å². The van der Waals surface area contributed by atoms with E-state index in [1.807, 2.05) is 13.8 Å². The molecule has 0 saturated carbocycles. The van der Waals surface area contributed by atoms with Crippen molar-refractivity contribution in [3.63, 3.8) is 0 Å². The first-order valence-corrected chi connectivity index (χ1v) is 10.4. The molecule has 2 aliphatic rings. The van der Waals surface area contributed by atoms with Crippen molar-refractivity contribution in [1.29, 1.82) is 0 Å². The minimum absolute atomic E-state index is 0.0284. The maximum absolute atomic E-state index is 13.0. The molecule has 2 aliphatic heterocycles. The fourth-order valence-electron chi connectivity index (χ4n) is 3.70. The molecular weight excluding hydrogens is 372 g/mol. The van der Waals surface area contributed by atoms with Crippen LogP contribution in [0.4, 0.5) is 0 Å². The average Bonchev–Trinajstić information content (AvgIpc) is 3.10. The maximum Gasteiger partial charge on any atom is 0.326 e. The number of benzene rings is 1. The number of nitrogens with zero attached hydrogens (tertiary/aromatic N) is 2. The van der Waals surface area contributed by atoms with E-state index >= 15 is 0 Å². The molecule has 2 fully saturated rings. The summed E-state index contributed by atoms with van der Waals surface area (Å²) in [7, 11) is -3.77. The minimum atomic E-state index is -3.77. The van der Waals surface area contributed by atoms with Gasteiger partial charge in [-0.3, -0.25) is 4.79 Å². The topological polar surface area (TPSA) is 104 Å². The van der Waals surface area contributed by atoms with Gasteiger partial charge in [0.1, 0.15) is 6.04 Å². The van der Waals surface area contributed by atoms with E-state index in [4.69, 9.17) is 4.74 Å². The number of hydrogen-bond acceptors (Lipinski definition) is 5. The molecule has 148 valence electrons. The van der Waals surface area contributed by atoms with Gasteiger partial charge in [-0.25, -0.2) is 13.2 Å². The van der Waals surface area contributed by atoms with Gasteiger partial charge in [0.05, 0.1) is 17.1 Å². The molecule has 1 aromatic carbocycles. The number of aliphatic carboxylic acids is 1. The summed E-state index contributed by atoms with van der Waals surface area (Å²) >= 11 is 0. The van der Waals surface area contributed by atoms with Gasteiger partial charge in [-0.05, 0) is 44.9 Å². The van der Waals surface area contributed by atoms with Crippen molar-refractivity contribution in [2.75, 3.05) is 19.6 Å². The average molecular weight is 396 g/mol. The van der Waals surface area contributed by atoms with Crippen molar-refractivity contribution >= 4 is 21.9 Å². The quantitative estimate of drug-likeness (QED) is 0.819. The standard InChI is InChI=1S/C18H24N2O6S/c1-12-10-19(11-13(2)26-12)27(24,25)15-6-3-5-14(9-15)17(21)20-8-4-7-16(20)18(22)23/h3,5-6,9,12-13,16H,4,7-8,10-11H2,1-2H3,(H,22,23). The minimum Gasteiger partial charge on any atom is -0.480 e. The van der Waals surface area contributed by atoms with E-state index in [2.05, 4.69) is 0 Å². The number of carbonyl (C=O) groups excluding carboxylic acids is 1. The van der Waals surface area contributed by atoms with Crippen molar-refractivity contribution in [3.05, 3.63) is 29.8 Å². The third-order valence-electron chi connectivity index (χ3n) is 4.90. The number of likely N-dealkylation sites (tertiary alicyclic amines) is 1. The van der Waals surface area contributed by atoms with E-state index in [0.29, 0.717) is 19.4 Å². The second-order valence-corrected chi connectivity index (χ2v) is 9.04. The van der Waals surface area contributed by atoms with Gasteiger partial charge in [-0.1, -0.05) is 6.07 Å². The number of sulfonamides is 1. The van der Waals surface area contributed by atoms with Crippen molar-refractivity contribution < 1.29 is 27.9 Å². The number of carboxylic acids is 1. The molecule has 0 bridgehead atoms. The molecule has 3 rings (SSSR count). The predicted molar refractivity (Wildman–Crippen MR) is 96.9 cm³/mol. The molecule has 9 heteroatoms. The van der Waals surface area contributed by atoms with Gasteiger partial charge < -0.3 is 14.7 Å². The van der Waals surface area contributed by atoms with Gasteiger partial charge in [0, 0.05) is 25.2 Å². The highest BCUT2D eigenvalue weighted by molar-refractivity contribution is 7.89. The monoisotopic (exact) mass is 396 g/mol. The highest BCUT2D eigenvalue weighted by Crippen LogP contribution is 2.24. The Labute approximate surface area is 158 Å². The van der Waals surface area contributed by atoms with Gasteiger partial charge in [0.15, 0.2) is 0 Å². The zero-order valence-corrected chi connectivity index (χ0v) is 16.2. The Kier molecular flexibility index (Phi) is 5.55. The van der Waals surface area contributed by atoms with Crippen LogP contribution in [0, 0.1) is 0 Å². The normalized spacial score (nSPS) is 26.9. The number of carbonyl (C=O) groups is 2. The molecule has 0 aliphatic carbocycles. The molecule has 1 amide bonds. The van der Waals surface area contributed by atoms with Gasteiger partial charge in [-0.2, -0.15) is 4.31 Å². The van der Waals surface area contributed by atoms with Crippen LogP contribution in [-0.4, -0.2) is 72.5 Å². The highest BCUT2D eigenvalue weighted by Gasteiger charge is 2.36. The summed E-state index contributed by atoms with van der Waals surface area (Å²) in [6.45, 7) is 4.48. The number of amides is 1. The van der Waals surface area contributed by atoms with Crippen molar-refractivity contribution in [1.82, 2.24) is 9.21 Å². The van der Waals surface area contributed by atoms with E-state index in [1.165, 1.54) is 33.5 Å². The van der Waals surface area contributed by atoms with Gasteiger partial charge in [-0.15, -0.1) is 0 Å². The summed E-state index contributed by atoms with van der Waals surface area (Å²) in [5.74, 6) is -1.50. The van der Waals surface area contributed by atoms with Gasteiger partial charge in [0.2, 0.25) is 10.0 Å². The second kappa shape index (κ2) is 7.57. The largest absolute Gasteiger partial charge is 0.480 e. The van der Waals surface area contributed by atoms with E-state index in [9.17, 15) is 23.1 Å². The van der Waals surface area contributed by atoms with Crippen LogP contribution in [0.15, 0.2) is 29.2 Å². The fourth-order valence-corrected chi connectivity index (χ4v) is 5.33. The Hall–Kier alpha value is -1.97. The lowest BCUT2D eigenvalue weighted by Crippen LogP contribution is -2.48. The number of carboxylic acid groups (broad SMARTS) is 1. The van der Waals surface area contributed by atoms with E-state index in [0.717, 1.165) is 0 Å². The Morgan fingerprint density at radius 1 is 1.19 bits per heavy atom. The first kappa shape index (κ1) is 19.8. The maximum atomic E-state index is 13.0. The molecule has 0 aromatic heterocycles. The molecule has 3 atom stereocenters. The predicted octanol–water partition coefficient (Wildman–Crippen LogP) is 1.17. The lowest BCUT2D eigenvalue weighted by atomic mass is 10.1. The van der Waals surface area contributed by atoms with Crippen LogP contribution < -0.4 is 0 Å². The van der Waals surface area contributed by atoms with Crippen LogP contribution >= 0.6 is 0 Å². The summed E-state index contributed by atoms with van der Waals surface area (Å²) in [6, 6.07) is 4.95. The first-order valence-electron chi connectivity index (χ1n) is 8.99. The third-order valence-corrected chi connectivity index (χ3v) is 6.73. The summed E-state index contributed by atoms with van der Waals surface area (Å²) < 4.78 is 33.0. The van der Waals surface area contributed by atoms with Crippen molar-refractivity contribution in [2.45, 2.75) is 49.8 Å². The zero-order chi connectivity index (χ0) is 19.8. The number of morpholine rings is 1. The molecule has 0 spiro atoms. The summed E-state index contributed by atoms with van der Waals surface area (Å²) in [5.41, 5.74) is 0.179. The number of rotatable bonds is 4. The summed E-state index contributed by atoms with van der Waals surface area (Å²) in [4.78, 5) is 25.4. The SMILES string of the molecule is CC1CN(S(=O)(=O)c2cccc(C(=O)N3CCCC3C(=O)O)c2)CC(C)O1. The lowest BCUT2D eigenvalue weighted by Gasteiger charge is -2.34. The van der Waals surface area contributed by atoms with Crippen molar-refractivity contribution in [2.24, 2.45) is 0 Å². The van der Waals surface area contributed by atoms with Crippen LogP contribution in [0.3, 0.4) is 0 Å². The number of hydrogen-bond donors (Lipinski definition) is 1. The molecule has 1 N–H and O–H groups in total. The molecule has 27 heavy (non-hydrogen) atoms. The molecule has 1 aromatic rings.